The topological polar surface area (TPSA) is 141 Å². The first-order chi connectivity index (χ1) is 23.6. The van der Waals surface area contributed by atoms with E-state index in [0.29, 0.717) is 71.8 Å². The van der Waals surface area contributed by atoms with E-state index < -0.39 is 0 Å². The fraction of sp³-hybridized carbons (Fsp3) is 0.216. The summed E-state index contributed by atoms with van der Waals surface area (Å²) in [5.41, 5.74) is 20.4. The maximum Gasteiger partial charge on any atom is 0.254 e. The highest BCUT2D eigenvalue weighted by atomic mass is 35.5. The molecule has 6 N–H and O–H groups in total. The smallest absolute Gasteiger partial charge is 0.254 e. The number of guanidine groups is 1. The molecule has 1 amide bonds. The van der Waals surface area contributed by atoms with Crippen molar-refractivity contribution in [3.63, 3.8) is 0 Å². The van der Waals surface area contributed by atoms with Crippen molar-refractivity contribution in [2.24, 2.45) is 22.2 Å². The molecular formula is C37H40ClFN8O2. The summed E-state index contributed by atoms with van der Waals surface area (Å²) >= 11 is 6.01. The highest BCUT2D eigenvalue weighted by molar-refractivity contribution is 6.30. The molecule has 254 valence electrons. The first-order valence-electron chi connectivity index (χ1n) is 15.9. The number of benzene rings is 4. The molecule has 10 nitrogen and oxygen atoms in total. The summed E-state index contributed by atoms with van der Waals surface area (Å²) in [6, 6.07) is 26.8. The first-order valence-corrected chi connectivity index (χ1v) is 16.3. The number of amides is 1. The van der Waals surface area contributed by atoms with Crippen LogP contribution >= 0.6 is 11.6 Å². The number of aromatic nitrogens is 2. The lowest BCUT2D eigenvalue weighted by Gasteiger charge is -2.36. The minimum Gasteiger partial charge on any atom is -0.457 e. The summed E-state index contributed by atoms with van der Waals surface area (Å²) in [7, 11) is 0. The highest BCUT2D eigenvalue weighted by Crippen LogP contribution is 2.31. The van der Waals surface area contributed by atoms with Crippen LogP contribution in [0.2, 0.25) is 5.02 Å². The van der Waals surface area contributed by atoms with Gasteiger partial charge in [-0.15, -0.1) is 0 Å². The molecule has 1 aliphatic heterocycles. The van der Waals surface area contributed by atoms with Crippen LogP contribution in [0.1, 0.15) is 23.7 Å². The zero-order valence-electron chi connectivity index (χ0n) is 27.4. The predicted molar refractivity (Wildman–Crippen MR) is 196 cm³/mol. The molecule has 1 aromatic heterocycles. The van der Waals surface area contributed by atoms with E-state index >= 15 is 0 Å². The number of hydrogen-bond donors (Lipinski definition) is 3. The lowest BCUT2D eigenvalue weighted by Crippen LogP contribution is -2.48. The van der Waals surface area contributed by atoms with Gasteiger partial charge >= 0.3 is 0 Å². The third-order valence-electron chi connectivity index (χ3n) is 7.77. The Kier molecular flexibility index (Phi) is 11.4. The quantitative estimate of drug-likeness (QED) is 0.121. The second kappa shape index (κ2) is 16.0. The molecule has 0 radical (unpaired) electrons. The maximum absolute atomic E-state index is 13.5. The molecule has 0 saturated carbocycles. The molecule has 49 heavy (non-hydrogen) atoms. The average Bonchev–Trinajstić information content (AvgIpc) is 3.45. The summed E-state index contributed by atoms with van der Waals surface area (Å²) in [6.45, 7) is 9.51. The Morgan fingerprint density at radius 2 is 1.65 bits per heavy atom. The zero-order chi connectivity index (χ0) is 34.9. The number of anilines is 1. The lowest BCUT2D eigenvalue weighted by molar-refractivity contribution is 0.0747. The van der Waals surface area contributed by atoms with Crippen LogP contribution in [0.25, 0.3) is 22.4 Å². The van der Waals surface area contributed by atoms with Crippen molar-refractivity contribution in [2.75, 3.05) is 37.6 Å². The van der Waals surface area contributed by atoms with Gasteiger partial charge in [-0.25, -0.2) is 9.37 Å². The summed E-state index contributed by atoms with van der Waals surface area (Å²) in [5.74, 6) is 1.88. The maximum atomic E-state index is 13.5. The number of imidazole rings is 1. The van der Waals surface area contributed by atoms with Gasteiger partial charge in [0.15, 0.2) is 5.96 Å². The van der Waals surface area contributed by atoms with Crippen LogP contribution in [-0.4, -0.2) is 59.0 Å². The van der Waals surface area contributed by atoms with Crippen molar-refractivity contribution in [3.8, 4) is 22.9 Å². The van der Waals surface area contributed by atoms with E-state index in [9.17, 15) is 9.18 Å². The number of fused-ring (bicyclic) bond motifs is 1. The molecule has 1 fully saturated rings. The average molecular weight is 683 g/mol. The fourth-order valence-corrected chi connectivity index (χ4v) is 5.55. The molecule has 2 heterocycles. The third kappa shape index (κ3) is 9.08. The van der Waals surface area contributed by atoms with Gasteiger partial charge < -0.3 is 36.3 Å². The predicted octanol–water partition coefficient (Wildman–Crippen LogP) is 6.39. The Labute approximate surface area is 290 Å². The van der Waals surface area contributed by atoms with E-state index in [1.165, 1.54) is 12.1 Å². The van der Waals surface area contributed by atoms with Gasteiger partial charge in [-0.05, 0) is 85.3 Å². The van der Waals surface area contributed by atoms with Crippen LogP contribution in [0.5, 0.6) is 11.5 Å². The lowest BCUT2D eigenvalue weighted by atomic mass is 10.1. The molecule has 12 heteroatoms. The van der Waals surface area contributed by atoms with E-state index in [-0.39, 0.29) is 17.7 Å². The van der Waals surface area contributed by atoms with Crippen molar-refractivity contribution in [1.29, 1.82) is 0 Å². The van der Waals surface area contributed by atoms with Gasteiger partial charge in [-0.2, -0.15) is 0 Å². The van der Waals surface area contributed by atoms with Crippen molar-refractivity contribution in [2.45, 2.75) is 19.9 Å². The summed E-state index contributed by atoms with van der Waals surface area (Å²) in [6.07, 6.45) is 0.998. The van der Waals surface area contributed by atoms with Crippen LogP contribution in [0.3, 0.4) is 0 Å². The van der Waals surface area contributed by atoms with Crippen LogP contribution in [0.4, 0.5) is 10.1 Å². The molecule has 0 atom stereocenters. The van der Waals surface area contributed by atoms with Crippen molar-refractivity contribution in [1.82, 2.24) is 14.5 Å². The fourth-order valence-electron chi connectivity index (χ4n) is 5.43. The van der Waals surface area contributed by atoms with Crippen LogP contribution in [0, 0.1) is 5.82 Å². The molecule has 0 unspecified atom stereocenters. The van der Waals surface area contributed by atoms with Crippen molar-refractivity contribution in [3.05, 3.63) is 120 Å². The standard InChI is InChI=1S/C33H29ClFN5O2.C4H11N3/c1-22(36)21-40-31-14-5-24(33(41)39-17-15-38(16-18-39)27-10-8-26(35)9-11-27)20-30(31)37-32(40)23-3-2-4-29(19-23)42-28-12-6-25(34)7-13-28;1-2-3-7-4(5)6/h2-14,19-20H,1,15-18,21,36H2;2-3H2,1H3,(H4,5,6,7). The summed E-state index contributed by atoms with van der Waals surface area (Å²) in [4.78, 5) is 26.1. The van der Waals surface area contributed by atoms with Gasteiger partial charge in [0.1, 0.15) is 23.1 Å². The van der Waals surface area contributed by atoms with Gasteiger partial charge in [0, 0.05) is 60.3 Å². The summed E-state index contributed by atoms with van der Waals surface area (Å²) < 4.78 is 21.4. The van der Waals surface area contributed by atoms with Crippen LogP contribution in [0.15, 0.2) is 108 Å². The number of carbonyl (C=O) groups is 1. The number of rotatable bonds is 9. The highest BCUT2D eigenvalue weighted by Gasteiger charge is 2.24. The monoisotopic (exact) mass is 682 g/mol. The van der Waals surface area contributed by atoms with E-state index in [0.717, 1.165) is 29.7 Å². The Morgan fingerprint density at radius 3 is 2.29 bits per heavy atom. The number of allylic oxidation sites excluding steroid dienone is 1. The first kappa shape index (κ1) is 34.8. The SMILES string of the molecule is C=C(N)Cn1c(-c2cccc(Oc3ccc(Cl)cc3)c2)nc2cc(C(=O)N3CCN(c4ccc(F)cc4)CC3)ccc21.CCCN=C(N)N. The number of carbonyl (C=O) groups excluding carboxylic acids is 1. The molecule has 1 saturated heterocycles. The Bertz CT molecular complexity index is 1930. The Balaban J connectivity index is 0.000000606. The van der Waals surface area contributed by atoms with E-state index in [4.69, 9.17) is 38.5 Å². The molecule has 4 aromatic carbocycles. The Morgan fingerprint density at radius 1 is 0.939 bits per heavy atom. The molecule has 6 rings (SSSR count). The number of halogens is 2. The third-order valence-corrected chi connectivity index (χ3v) is 8.03. The van der Waals surface area contributed by atoms with Crippen LogP contribution in [-0.2, 0) is 6.54 Å². The minimum atomic E-state index is -0.261. The zero-order valence-corrected chi connectivity index (χ0v) is 28.1. The van der Waals surface area contributed by atoms with Crippen molar-refractivity contribution >= 4 is 40.2 Å². The van der Waals surface area contributed by atoms with Crippen molar-refractivity contribution < 1.29 is 13.9 Å². The van der Waals surface area contributed by atoms with Gasteiger partial charge in [0.25, 0.3) is 5.91 Å². The van der Waals surface area contributed by atoms with E-state index in [2.05, 4.69) is 16.5 Å². The minimum absolute atomic E-state index is 0.0478. The van der Waals surface area contributed by atoms with Crippen LogP contribution < -0.4 is 26.8 Å². The molecule has 1 aliphatic rings. The van der Waals surface area contributed by atoms with Gasteiger partial charge in [-0.3, -0.25) is 9.79 Å². The number of hydrogen-bond acceptors (Lipinski definition) is 6. The number of nitrogens with two attached hydrogens (primary N) is 3. The summed E-state index contributed by atoms with van der Waals surface area (Å²) in [5, 5.41) is 0.636. The second-order valence-electron chi connectivity index (χ2n) is 11.5. The van der Waals surface area contributed by atoms with E-state index in [1.54, 1.807) is 24.3 Å². The molecule has 0 bridgehead atoms. The Hall–Kier alpha value is -5.55. The number of aliphatic imine (C=N–C) groups is 1. The molecular weight excluding hydrogens is 643 g/mol. The normalized spacial score (nSPS) is 12.6. The largest absolute Gasteiger partial charge is 0.457 e. The number of piperazine rings is 1. The molecule has 0 aliphatic carbocycles. The van der Waals surface area contributed by atoms with Gasteiger partial charge in [0.2, 0.25) is 0 Å². The second-order valence-corrected chi connectivity index (χ2v) is 12.0. The van der Waals surface area contributed by atoms with E-state index in [1.807, 2.05) is 71.0 Å². The molecule has 5 aromatic rings. The molecule has 0 spiro atoms. The van der Waals surface area contributed by atoms with Gasteiger partial charge in [0.05, 0.1) is 17.6 Å². The number of ether oxygens (including phenoxy) is 1. The van der Waals surface area contributed by atoms with Gasteiger partial charge in [-0.1, -0.05) is 37.2 Å². The number of nitrogens with zero attached hydrogens (tertiary/aromatic N) is 5.